The van der Waals surface area contributed by atoms with Crippen LogP contribution < -0.4 is 0 Å². The topological polar surface area (TPSA) is 37.6 Å². The van der Waals surface area contributed by atoms with Crippen molar-refractivity contribution in [2.75, 3.05) is 13.2 Å². The van der Waals surface area contributed by atoms with Gasteiger partial charge in [-0.3, -0.25) is 0 Å². The summed E-state index contributed by atoms with van der Waals surface area (Å²) in [5.41, 5.74) is 0. The van der Waals surface area contributed by atoms with Crippen molar-refractivity contribution in [2.24, 2.45) is 0 Å². The maximum atomic E-state index is 5.23. The number of ether oxygens (including phenoxy) is 3. The fourth-order valence-electron chi connectivity index (χ4n) is 1.07. The molecule has 3 saturated heterocycles. The van der Waals surface area contributed by atoms with Crippen LogP contribution in [0.3, 0.4) is 0 Å². The third kappa shape index (κ3) is 0.689. The van der Waals surface area contributed by atoms with Gasteiger partial charge >= 0.3 is 0 Å². The molecular weight excluding hydrogens is 120 g/mol. The summed E-state index contributed by atoms with van der Waals surface area (Å²) in [7, 11) is 0. The van der Waals surface area contributed by atoms with Gasteiger partial charge in [-0.25, -0.2) is 0 Å². The molecule has 9 heavy (non-hydrogen) atoms. The van der Waals surface area contributed by atoms with Crippen molar-refractivity contribution < 1.29 is 14.2 Å². The van der Waals surface area contributed by atoms with Gasteiger partial charge in [-0.1, -0.05) is 0 Å². The van der Waals surface area contributed by atoms with E-state index >= 15 is 0 Å². The number of hydrogen-bond acceptors (Lipinski definition) is 3. The molecule has 3 nitrogen and oxygen atoms in total. The largest absolute Gasteiger partial charge is 0.370 e. The molecule has 0 aromatic heterocycles. The van der Waals surface area contributed by atoms with Crippen LogP contribution >= 0.6 is 0 Å². The van der Waals surface area contributed by atoms with E-state index in [0.717, 1.165) is 19.3 Å². The molecule has 3 rings (SSSR count). The first-order valence-corrected chi connectivity index (χ1v) is 3.22. The highest BCUT2D eigenvalue weighted by atomic mass is 16.7. The van der Waals surface area contributed by atoms with Crippen LogP contribution in [-0.2, 0) is 14.2 Å². The minimum Gasteiger partial charge on any atom is -0.370 e. The summed E-state index contributed by atoms with van der Waals surface area (Å²) in [6.07, 6.45) is 2.14. The van der Waals surface area contributed by atoms with Gasteiger partial charge in [-0.15, -0.1) is 0 Å². The van der Waals surface area contributed by atoms with Gasteiger partial charge in [0.2, 0.25) is 0 Å². The molecule has 3 heteroatoms. The van der Waals surface area contributed by atoms with Crippen LogP contribution in [0.4, 0.5) is 0 Å². The highest BCUT2D eigenvalue weighted by Gasteiger charge is 2.59. The van der Waals surface area contributed by atoms with Crippen LogP contribution in [0.1, 0.15) is 0 Å². The van der Waals surface area contributed by atoms with Gasteiger partial charge in [0, 0.05) is 0 Å². The SMILES string of the molecule is C1OC1[C]1OC1C1CO1. The Morgan fingerprint density at radius 1 is 1.22 bits per heavy atom. The third-order valence-corrected chi connectivity index (χ3v) is 1.83. The van der Waals surface area contributed by atoms with Gasteiger partial charge < -0.3 is 14.2 Å². The second-order valence-electron chi connectivity index (χ2n) is 2.63. The van der Waals surface area contributed by atoms with Crippen molar-refractivity contribution >= 4 is 0 Å². The molecule has 49 valence electrons. The van der Waals surface area contributed by atoms with E-state index < -0.39 is 0 Å². The number of epoxide rings is 3. The van der Waals surface area contributed by atoms with Crippen LogP contribution in [0.25, 0.3) is 0 Å². The van der Waals surface area contributed by atoms with Crippen LogP contribution in [0.5, 0.6) is 0 Å². The lowest BCUT2D eigenvalue weighted by molar-refractivity contribution is 0.318. The molecule has 1 radical (unpaired) electrons. The molecule has 0 N–H and O–H groups in total. The first-order chi connectivity index (χ1) is 4.45. The Hall–Kier alpha value is -0.120. The molecular formula is C6H7O3. The first kappa shape index (κ1) is 4.66. The molecule has 0 amide bonds. The molecule has 0 aromatic rings. The molecule has 3 aliphatic heterocycles. The van der Waals surface area contributed by atoms with Crippen molar-refractivity contribution in [2.45, 2.75) is 18.3 Å². The minimum absolute atomic E-state index is 0.303. The Labute approximate surface area is 52.9 Å². The van der Waals surface area contributed by atoms with Gasteiger partial charge in [0.1, 0.15) is 18.3 Å². The maximum Gasteiger partial charge on any atom is 0.160 e. The van der Waals surface area contributed by atoms with E-state index in [9.17, 15) is 0 Å². The predicted molar refractivity (Wildman–Crippen MR) is 27.6 cm³/mol. The van der Waals surface area contributed by atoms with Gasteiger partial charge in [-0.2, -0.15) is 0 Å². The molecule has 3 atom stereocenters. The number of rotatable bonds is 2. The molecule has 3 fully saturated rings. The zero-order valence-corrected chi connectivity index (χ0v) is 4.87. The zero-order valence-electron chi connectivity index (χ0n) is 4.87. The molecule has 0 aromatic carbocycles. The fourth-order valence-corrected chi connectivity index (χ4v) is 1.07. The van der Waals surface area contributed by atoms with Gasteiger partial charge in [0.15, 0.2) is 6.10 Å². The third-order valence-electron chi connectivity index (χ3n) is 1.83. The quantitative estimate of drug-likeness (QED) is 0.478. The summed E-state index contributed by atoms with van der Waals surface area (Å²) in [6, 6.07) is 0. The second-order valence-corrected chi connectivity index (χ2v) is 2.63. The van der Waals surface area contributed by atoms with E-state index in [4.69, 9.17) is 14.2 Å². The van der Waals surface area contributed by atoms with Gasteiger partial charge in [-0.05, 0) is 0 Å². The molecule has 3 aliphatic rings. The molecule has 0 spiro atoms. The van der Waals surface area contributed by atoms with E-state index in [1.54, 1.807) is 0 Å². The monoisotopic (exact) mass is 127 g/mol. The number of hydrogen-bond donors (Lipinski definition) is 0. The average Bonchev–Trinajstić information content (AvgIpc) is 2.67. The predicted octanol–water partition coefficient (Wildman–Crippen LogP) is -0.285. The van der Waals surface area contributed by atoms with Gasteiger partial charge in [0.05, 0.1) is 13.2 Å². The molecule has 3 heterocycles. The van der Waals surface area contributed by atoms with E-state index in [2.05, 4.69) is 0 Å². The Balaban J connectivity index is 1.61. The lowest BCUT2D eigenvalue weighted by atomic mass is 10.2. The van der Waals surface area contributed by atoms with Crippen molar-refractivity contribution in [3.8, 4) is 0 Å². The van der Waals surface area contributed by atoms with E-state index in [-0.39, 0.29) is 0 Å². The summed E-state index contributed by atoms with van der Waals surface area (Å²) in [5, 5.41) is 0. The Bertz CT molecular complexity index is 123. The van der Waals surface area contributed by atoms with Crippen molar-refractivity contribution in [1.29, 1.82) is 0 Å². The van der Waals surface area contributed by atoms with Crippen LogP contribution in [0, 0.1) is 6.10 Å². The van der Waals surface area contributed by atoms with Crippen LogP contribution in [-0.4, -0.2) is 31.5 Å². The molecule has 0 aliphatic carbocycles. The van der Waals surface area contributed by atoms with Crippen molar-refractivity contribution in [3.05, 3.63) is 6.10 Å². The lowest BCUT2D eigenvalue weighted by Gasteiger charge is -1.77. The van der Waals surface area contributed by atoms with Crippen molar-refractivity contribution in [1.82, 2.24) is 0 Å². The highest BCUT2D eigenvalue weighted by Crippen LogP contribution is 2.46. The Morgan fingerprint density at radius 2 is 2.00 bits per heavy atom. The lowest BCUT2D eigenvalue weighted by Crippen LogP contribution is -2.00. The maximum absolute atomic E-state index is 5.23. The summed E-state index contributed by atoms with van der Waals surface area (Å²) < 4.78 is 15.3. The normalized spacial score (nSPS) is 55.3. The highest BCUT2D eigenvalue weighted by molar-refractivity contribution is 5.18. The first-order valence-electron chi connectivity index (χ1n) is 3.22. The van der Waals surface area contributed by atoms with E-state index in [1.807, 2.05) is 0 Å². The summed E-state index contributed by atoms with van der Waals surface area (Å²) >= 11 is 0. The van der Waals surface area contributed by atoms with Crippen LogP contribution in [0.2, 0.25) is 0 Å². The van der Waals surface area contributed by atoms with Gasteiger partial charge in [0.25, 0.3) is 0 Å². The summed E-state index contributed by atoms with van der Waals surface area (Å²) in [4.78, 5) is 0. The summed E-state index contributed by atoms with van der Waals surface area (Å²) in [6.45, 7) is 1.74. The fraction of sp³-hybridized carbons (Fsp3) is 0.833. The van der Waals surface area contributed by atoms with E-state index in [0.29, 0.717) is 18.3 Å². The molecule has 0 saturated carbocycles. The Kier molecular flexibility index (Phi) is 0.678. The second kappa shape index (κ2) is 1.31. The summed E-state index contributed by atoms with van der Waals surface area (Å²) in [5.74, 6) is 0. The van der Waals surface area contributed by atoms with Crippen molar-refractivity contribution in [3.63, 3.8) is 0 Å². The average molecular weight is 127 g/mol. The van der Waals surface area contributed by atoms with E-state index in [1.165, 1.54) is 0 Å². The zero-order chi connectivity index (χ0) is 5.84. The standard InChI is InChI=1S/C6H7O3/c1-3(7-1)5-6(9-5)4-2-8-4/h3-5H,1-2H2. The minimum atomic E-state index is 0.303. The molecule has 3 unspecified atom stereocenters. The Morgan fingerprint density at radius 3 is 2.56 bits per heavy atom. The smallest absolute Gasteiger partial charge is 0.160 e. The molecule has 0 bridgehead atoms. The van der Waals surface area contributed by atoms with Crippen LogP contribution in [0.15, 0.2) is 0 Å².